The van der Waals surface area contributed by atoms with Gasteiger partial charge in [0.1, 0.15) is 11.6 Å². The van der Waals surface area contributed by atoms with Crippen LogP contribution in [0, 0.1) is 17.6 Å². The number of rotatable bonds is 5. The minimum absolute atomic E-state index is 0. The summed E-state index contributed by atoms with van der Waals surface area (Å²) < 4.78 is 32.3. The SMILES string of the molecule is CC1CCN(C(=O)CCc2ncc(-c3ccc(F)cc3F)o2)C(CN)C1.Cl.Cl. The molecule has 1 aliphatic rings. The molecule has 9 heteroatoms. The van der Waals surface area contributed by atoms with Crippen molar-refractivity contribution in [3.63, 3.8) is 0 Å². The van der Waals surface area contributed by atoms with Crippen molar-refractivity contribution in [1.29, 1.82) is 0 Å². The van der Waals surface area contributed by atoms with E-state index in [1.165, 1.54) is 12.3 Å². The highest BCUT2D eigenvalue weighted by Crippen LogP contribution is 2.25. The lowest BCUT2D eigenvalue weighted by molar-refractivity contribution is -0.135. The Morgan fingerprint density at radius 3 is 2.79 bits per heavy atom. The number of nitrogens with two attached hydrogens (primary N) is 1. The van der Waals surface area contributed by atoms with E-state index in [0.29, 0.717) is 24.8 Å². The Bertz CT molecular complexity index is 788. The highest BCUT2D eigenvalue weighted by Gasteiger charge is 2.28. The van der Waals surface area contributed by atoms with Gasteiger partial charge in [0.15, 0.2) is 11.7 Å². The van der Waals surface area contributed by atoms with Gasteiger partial charge < -0.3 is 15.1 Å². The smallest absolute Gasteiger partial charge is 0.223 e. The largest absolute Gasteiger partial charge is 0.441 e. The van der Waals surface area contributed by atoms with Gasteiger partial charge in [0.25, 0.3) is 0 Å². The van der Waals surface area contributed by atoms with Crippen molar-refractivity contribution in [3.8, 4) is 11.3 Å². The van der Waals surface area contributed by atoms with E-state index in [1.54, 1.807) is 0 Å². The zero-order chi connectivity index (χ0) is 18.7. The number of amides is 1. The van der Waals surface area contributed by atoms with Crippen LogP contribution in [0.2, 0.25) is 0 Å². The summed E-state index contributed by atoms with van der Waals surface area (Å²) in [6, 6.07) is 3.35. The average molecular weight is 436 g/mol. The standard InChI is InChI=1S/C19H23F2N3O2.2ClH/c1-12-6-7-24(14(8-12)10-22)19(25)5-4-18-23-11-17(26-18)15-3-2-13(20)9-16(15)21;;/h2-3,9,11-12,14H,4-8,10,22H2,1H3;2*1H. The molecule has 2 N–H and O–H groups in total. The first-order valence-electron chi connectivity index (χ1n) is 8.87. The summed E-state index contributed by atoms with van der Waals surface area (Å²) in [6.45, 7) is 3.36. The highest BCUT2D eigenvalue weighted by atomic mass is 35.5. The number of hydrogen-bond donors (Lipinski definition) is 1. The Labute approximate surface area is 175 Å². The summed E-state index contributed by atoms with van der Waals surface area (Å²) >= 11 is 0. The Hall–Kier alpha value is -1.70. The van der Waals surface area contributed by atoms with Crippen LogP contribution in [0.1, 0.15) is 32.1 Å². The lowest BCUT2D eigenvalue weighted by atomic mass is 9.92. The fourth-order valence-corrected chi connectivity index (χ4v) is 3.40. The van der Waals surface area contributed by atoms with Crippen LogP contribution in [0.5, 0.6) is 0 Å². The zero-order valence-electron chi connectivity index (χ0n) is 15.6. The van der Waals surface area contributed by atoms with E-state index in [0.717, 1.165) is 31.5 Å². The molecule has 1 aliphatic heterocycles. The van der Waals surface area contributed by atoms with Crippen LogP contribution < -0.4 is 5.73 Å². The molecular weight excluding hydrogens is 411 g/mol. The molecule has 28 heavy (non-hydrogen) atoms. The van der Waals surface area contributed by atoms with Crippen LogP contribution in [0.4, 0.5) is 8.78 Å². The number of carbonyl (C=O) groups is 1. The molecule has 2 aromatic rings. The summed E-state index contributed by atoms with van der Waals surface area (Å²) in [6.07, 6.45) is 3.88. The Morgan fingerprint density at radius 1 is 1.36 bits per heavy atom. The number of nitrogens with zero attached hydrogens (tertiary/aromatic N) is 2. The summed E-state index contributed by atoms with van der Waals surface area (Å²) in [5, 5.41) is 0. The molecule has 3 rings (SSSR count). The maximum Gasteiger partial charge on any atom is 0.223 e. The Morgan fingerprint density at radius 2 is 2.11 bits per heavy atom. The van der Waals surface area contributed by atoms with Crippen molar-refractivity contribution in [2.75, 3.05) is 13.1 Å². The molecule has 0 radical (unpaired) electrons. The van der Waals surface area contributed by atoms with Gasteiger partial charge in [-0.2, -0.15) is 0 Å². The molecule has 2 unspecified atom stereocenters. The van der Waals surface area contributed by atoms with E-state index in [-0.39, 0.29) is 54.5 Å². The molecule has 1 aromatic heterocycles. The monoisotopic (exact) mass is 435 g/mol. The van der Waals surface area contributed by atoms with Gasteiger partial charge in [-0.15, -0.1) is 24.8 Å². The van der Waals surface area contributed by atoms with Gasteiger partial charge in [0.05, 0.1) is 11.8 Å². The molecule has 1 fully saturated rings. The van der Waals surface area contributed by atoms with Crippen LogP contribution in [0.25, 0.3) is 11.3 Å². The van der Waals surface area contributed by atoms with Crippen molar-refractivity contribution in [2.45, 2.75) is 38.6 Å². The number of halogens is 4. The molecule has 1 aromatic carbocycles. The second-order valence-corrected chi connectivity index (χ2v) is 6.85. The second kappa shape index (κ2) is 10.7. The molecule has 156 valence electrons. The van der Waals surface area contributed by atoms with E-state index in [1.807, 2.05) is 4.90 Å². The topological polar surface area (TPSA) is 72.4 Å². The summed E-state index contributed by atoms with van der Waals surface area (Å²) in [5.74, 6) is -0.185. The van der Waals surface area contributed by atoms with Crippen molar-refractivity contribution >= 4 is 30.7 Å². The lowest BCUT2D eigenvalue weighted by Gasteiger charge is -2.38. The molecule has 2 heterocycles. The number of piperidine rings is 1. The van der Waals surface area contributed by atoms with E-state index in [2.05, 4.69) is 11.9 Å². The van der Waals surface area contributed by atoms with Gasteiger partial charge in [0, 0.05) is 38.0 Å². The number of oxazole rings is 1. The summed E-state index contributed by atoms with van der Waals surface area (Å²) in [4.78, 5) is 18.5. The summed E-state index contributed by atoms with van der Waals surface area (Å²) in [7, 11) is 0. The van der Waals surface area contributed by atoms with Crippen LogP contribution >= 0.6 is 24.8 Å². The van der Waals surface area contributed by atoms with Crippen LogP contribution in [-0.4, -0.2) is 34.9 Å². The van der Waals surface area contributed by atoms with Crippen LogP contribution in [-0.2, 0) is 11.2 Å². The molecular formula is C19H25Cl2F2N3O2. The van der Waals surface area contributed by atoms with E-state index in [9.17, 15) is 13.6 Å². The third-order valence-electron chi connectivity index (χ3n) is 4.87. The minimum atomic E-state index is -0.711. The molecule has 0 bridgehead atoms. The number of aromatic nitrogens is 1. The second-order valence-electron chi connectivity index (χ2n) is 6.85. The van der Waals surface area contributed by atoms with Gasteiger partial charge in [-0.25, -0.2) is 13.8 Å². The predicted molar refractivity (Wildman–Crippen MR) is 108 cm³/mol. The van der Waals surface area contributed by atoms with E-state index < -0.39 is 11.6 Å². The Kier molecular flexibility index (Phi) is 9.33. The maximum atomic E-state index is 13.8. The third-order valence-corrected chi connectivity index (χ3v) is 4.87. The van der Waals surface area contributed by atoms with Crippen molar-refractivity contribution in [2.24, 2.45) is 11.7 Å². The van der Waals surface area contributed by atoms with E-state index >= 15 is 0 Å². The first-order chi connectivity index (χ1) is 12.5. The quantitative estimate of drug-likeness (QED) is 0.770. The first-order valence-corrected chi connectivity index (χ1v) is 8.87. The number of hydrogen-bond acceptors (Lipinski definition) is 4. The van der Waals surface area contributed by atoms with Crippen LogP contribution in [0.3, 0.4) is 0 Å². The molecule has 0 aliphatic carbocycles. The number of aryl methyl sites for hydroxylation is 1. The predicted octanol–water partition coefficient (Wildman–Crippen LogP) is 3.98. The summed E-state index contributed by atoms with van der Waals surface area (Å²) in [5.41, 5.74) is 5.95. The number of benzene rings is 1. The molecule has 5 nitrogen and oxygen atoms in total. The third kappa shape index (κ3) is 5.65. The van der Waals surface area contributed by atoms with Gasteiger partial charge in [-0.05, 0) is 30.9 Å². The van der Waals surface area contributed by atoms with Gasteiger partial charge in [-0.3, -0.25) is 4.79 Å². The van der Waals surface area contributed by atoms with E-state index in [4.69, 9.17) is 10.2 Å². The lowest BCUT2D eigenvalue weighted by Crippen LogP contribution is -2.49. The zero-order valence-corrected chi connectivity index (χ0v) is 17.2. The molecule has 0 saturated carbocycles. The maximum absolute atomic E-state index is 13.8. The average Bonchev–Trinajstić information content (AvgIpc) is 3.08. The molecule has 1 amide bonds. The molecule has 1 saturated heterocycles. The fourth-order valence-electron chi connectivity index (χ4n) is 3.40. The molecule has 0 spiro atoms. The highest BCUT2D eigenvalue weighted by molar-refractivity contribution is 5.85. The fraction of sp³-hybridized carbons (Fsp3) is 0.474. The van der Waals surface area contributed by atoms with Gasteiger partial charge >= 0.3 is 0 Å². The van der Waals surface area contributed by atoms with Gasteiger partial charge in [-0.1, -0.05) is 6.92 Å². The van der Waals surface area contributed by atoms with Crippen molar-refractivity contribution in [3.05, 3.63) is 41.9 Å². The van der Waals surface area contributed by atoms with Crippen molar-refractivity contribution in [1.82, 2.24) is 9.88 Å². The van der Waals surface area contributed by atoms with Crippen molar-refractivity contribution < 1.29 is 18.0 Å². The number of likely N-dealkylation sites (tertiary alicyclic amines) is 1. The van der Waals surface area contributed by atoms with Gasteiger partial charge in [0.2, 0.25) is 5.91 Å². The normalized spacial score (nSPS) is 18.9. The Balaban J connectivity index is 0.00000196. The number of carbonyl (C=O) groups excluding carboxylic acids is 1. The van der Waals surface area contributed by atoms with Crippen LogP contribution in [0.15, 0.2) is 28.8 Å². The minimum Gasteiger partial charge on any atom is -0.441 e. The first kappa shape index (κ1) is 24.3. The molecule has 2 atom stereocenters.